The zero-order valence-electron chi connectivity index (χ0n) is 10.9. The van der Waals surface area contributed by atoms with Crippen LogP contribution in [0.5, 0.6) is 0 Å². The summed E-state index contributed by atoms with van der Waals surface area (Å²) in [6.45, 7) is 0.523. The third-order valence-electron chi connectivity index (χ3n) is 3.37. The number of nitrogens with zero attached hydrogens (tertiary/aromatic N) is 1. The molecule has 1 aromatic carbocycles. The minimum absolute atomic E-state index is 0.00144. The summed E-state index contributed by atoms with van der Waals surface area (Å²) in [6.07, 6.45) is -0.00144. The molecule has 1 aliphatic heterocycles. The van der Waals surface area contributed by atoms with Gasteiger partial charge in [0.1, 0.15) is 0 Å². The zero-order chi connectivity index (χ0) is 14.9. The Labute approximate surface area is 115 Å². The second-order valence-corrected chi connectivity index (χ2v) is 5.06. The van der Waals surface area contributed by atoms with E-state index in [9.17, 15) is 19.5 Å². The Hall–Kier alpha value is -2.21. The highest BCUT2D eigenvalue weighted by Gasteiger charge is 2.44. The van der Waals surface area contributed by atoms with Crippen LogP contribution in [0.4, 0.5) is 0 Å². The first-order valence-electron chi connectivity index (χ1n) is 6.18. The van der Waals surface area contributed by atoms with Gasteiger partial charge in [-0.2, -0.15) is 0 Å². The largest absolute Gasteiger partial charge is 0.479 e. The third kappa shape index (κ3) is 2.55. The number of imide groups is 1. The first-order valence-corrected chi connectivity index (χ1v) is 6.18. The van der Waals surface area contributed by atoms with Crippen molar-refractivity contribution in [3.8, 4) is 0 Å². The van der Waals surface area contributed by atoms with Crippen molar-refractivity contribution in [2.75, 3.05) is 6.54 Å². The first kappa shape index (κ1) is 14.2. The number of hydrogen-bond donors (Lipinski definition) is 2. The molecule has 1 saturated heterocycles. The fourth-order valence-electron chi connectivity index (χ4n) is 2.17. The van der Waals surface area contributed by atoms with Gasteiger partial charge in [-0.05, 0) is 12.5 Å². The molecule has 0 bridgehead atoms. The number of β-amino-alcohol motifs (C(OH)–C–C–N with tert-alkyl or cyclic N) is 1. The average Bonchev–Trinajstić information content (AvgIpc) is 2.67. The molecule has 1 heterocycles. The van der Waals surface area contributed by atoms with Crippen molar-refractivity contribution in [2.24, 2.45) is 0 Å². The summed E-state index contributed by atoms with van der Waals surface area (Å²) in [5.74, 6) is -3.01. The number of carbonyl (C=O) groups is 3. The summed E-state index contributed by atoms with van der Waals surface area (Å²) < 4.78 is 0. The van der Waals surface area contributed by atoms with E-state index in [1.165, 1.54) is 0 Å². The Bertz CT molecular complexity index is 552. The highest BCUT2D eigenvalue weighted by Crippen LogP contribution is 2.30. The van der Waals surface area contributed by atoms with Crippen LogP contribution >= 0.6 is 0 Å². The Balaban J connectivity index is 2.20. The van der Waals surface area contributed by atoms with Gasteiger partial charge in [0.2, 0.25) is 11.8 Å². The van der Waals surface area contributed by atoms with E-state index in [-0.39, 0.29) is 6.42 Å². The number of likely N-dealkylation sites (tertiary alicyclic amines) is 1. The second-order valence-electron chi connectivity index (χ2n) is 5.06. The van der Waals surface area contributed by atoms with E-state index >= 15 is 0 Å². The van der Waals surface area contributed by atoms with E-state index in [0.717, 1.165) is 11.8 Å². The van der Waals surface area contributed by atoms with E-state index in [0.29, 0.717) is 5.56 Å². The molecule has 2 unspecified atom stereocenters. The Morgan fingerprint density at radius 2 is 1.95 bits per heavy atom. The number of hydrogen-bond acceptors (Lipinski definition) is 4. The van der Waals surface area contributed by atoms with E-state index in [1.54, 1.807) is 30.3 Å². The molecule has 20 heavy (non-hydrogen) atoms. The minimum atomic E-state index is -2.14. The molecule has 2 atom stereocenters. The van der Waals surface area contributed by atoms with Crippen LogP contribution in [0.3, 0.4) is 0 Å². The van der Waals surface area contributed by atoms with Crippen LogP contribution < -0.4 is 0 Å². The van der Waals surface area contributed by atoms with Crippen molar-refractivity contribution >= 4 is 17.8 Å². The number of amides is 2. The van der Waals surface area contributed by atoms with Crippen LogP contribution in [-0.2, 0) is 14.4 Å². The van der Waals surface area contributed by atoms with E-state index < -0.39 is 35.8 Å². The Kier molecular flexibility index (Phi) is 3.59. The maximum absolute atomic E-state index is 12.2. The standard InChI is InChI=1S/C14H15NO5/c1-14(20,13(18)19)8-15-11(16)7-10(12(15)17)9-5-3-2-4-6-9/h2-6,10,20H,7-8H2,1H3,(H,18,19). The predicted molar refractivity (Wildman–Crippen MR) is 68.8 cm³/mol. The van der Waals surface area contributed by atoms with Gasteiger partial charge in [-0.25, -0.2) is 4.79 Å². The topological polar surface area (TPSA) is 94.9 Å². The van der Waals surface area contributed by atoms with Crippen LogP contribution in [0, 0.1) is 0 Å². The predicted octanol–water partition coefficient (Wildman–Crippen LogP) is 0.365. The summed E-state index contributed by atoms with van der Waals surface area (Å²) in [5, 5.41) is 18.6. The smallest absolute Gasteiger partial charge is 0.337 e. The van der Waals surface area contributed by atoms with Crippen molar-refractivity contribution in [1.29, 1.82) is 0 Å². The molecular weight excluding hydrogens is 262 g/mol. The molecule has 0 radical (unpaired) electrons. The van der Waals surface area contributed by atoms with Gasteiger partial charge in [0.05, 0.1) is 12.5 Å². The highest BCUT2D eigenvalue weighted by atomic mass is 16.4. The van der Waals surface area contributed by atoms with E-state index in [1.807, 2.05) is 0 Å². The number of carbonyl (C=O) groups excluding carboxylic acids is 2. The minimum Gasteiger partial charge on any atom is -0.479 e. The van der Waals surface area contributed by atoms with Gasteiger partial charge in [0, 0.05) is 6.42 Å². The van der Waals surface area contributed by atoms with Crippen molar-refractivity contribution < 1.29 is 24.6 Å². The Morgan fingerprint density at radius 3 is 2.50 bits per heavy atom. The fraction of sp³-hybridized carbons (Fsp3) is 0.357. The monoisotopic (exact) mass is 277 g/mol. The summed E-state index contributed by atoms with van der Waals surface area (Å²) >= 11 is 0. The van der Waals surface area contributed by atoms with Crippen LogP contribution in [0.25, 0.3) is 0 Å². The summed E-state index contributed by atoms with van der Waals surface area (Å²) in [6, 6.07) is 8.83. The number of aliphatic hydroxyl groups is 1. The normalized spacial score (nSPS) is 21.9. The molecule has 6 nitrogen and oxygen atoms in total. The number of aliphatic carboxylic acids is 1. The third-order valence-corrected chi connectivity index (χ3v) is 3.37. The first-order chi connectivity index (χ1) is 9.33. The molecule has 0 spiro atoms. The average molecular weight is 277 g/mol. The van der Waals surface area contributed by atoms with Crippen LogP contribution in [0.15, 0.2) is 30.3 Å². The molecule has 0 saturated carbocycles. The van der Waals surface area contributed by atoms with Gasteiger partial charge in [0.15, 0.2) is 5.60 Å². The molecule has 0 aliphatic carbocycles. The van der Waals surface area contributed by atoms with Crippen molar-refractivity contribution in [3.05, 3.63) is 35.9 Å². The molecule has 1 aromatic rings. The highest BCUT2D eigenvalue weighted by molar-refractivity contribution is 6.06. The molecule has 1 aliphatic rings. The van der Waals surface area contributed by atoms with Crippen LogP contribution in [0.2, 0.25) is 0 Å². The molecule has 2 N–H and O–H groups in total. The van der Waals surface area contributed by atoms with Crippen LogP contribution in [-0.4, -0.2) is 45.0 Å². The molecule has 106 valence electrons. The van der Waals surface area contributed by atoms with Gasteiger partial charge < -0.3 is 10.2 Å². The van der Waals surface area contributed by atoms with Gasteiger partial charge in [-0.1, -0.05) is 30.3 Å². The number of carboxylic acid groups (broad SMARTS) is 1. The van der Waals surface area contributed by atoms with Crippen molar-refractivity contribution in [2.45, 2.75) is 24.9 Å². The summed E-state index contributed by atoms with van der Waals surface area (Å²) in [5.41, 5.74) is -1.43. The van der Waals surface area contributed by atoms with Gasteiger partial charge in [-0.3, -0.25) is 14.5 Å². The maximum atomic E-state index is 12.2. The van der Waals surface area contributed by atoms with E-state index in [4.69, 9.17) is 5.11 Å². The van der Waals surface area contributed by atoms with Gasteiger partial charge >= 0.3 is 5.97 Å². The van der Waals surface area contributed by atoms with Gasteiger partial charge in [0.25, 0.3) is 0 Å². The van der Waals surface area contributed by atoms with Gasteiger partial charge in [-0.15, -0.1) is 0 Å². The lowest BCUT2D eigenvalue weighted by Crippen LogP contribution is -2.48. The van der Waals surface area contributed by atoms with Crippen molar-refractivity contribution in [1.82, 2.24) is 4.90 Å². The molecule has 0 aromatic heterocycles. The van der Waals surface area contributed by atoms with Crippen molar-refractivity contribution in [3.63, 3.8) is 0 Å². The number of carboxylic acids is 1. The van der Waals surface area contributed by atoms with E-state index in [2.05, 4.69) is 0 Å². The molecule has 2 rings (SSSR count). The molecule has 6 heteroatoms. The quantitative estimate of drug-likeness (QED) is 0.775. The Morgan fingerprint density at radius 1 is 1.35 bits per heavy atom. The number of benzene rings is 1. The molecular formula is C14H15NO5. The lowest BCUT2D eigenvalue weighted by molar-refractivity contribution is -0.160. The number of rotatable bonds is 4. The lowest BCUT2D eigenvalue weighted by atomic mass is 9.98. The zero-order valence-corrected chi connectivity index (χ0v) is 10.9. The van der Waals surface area contributed by atoms with Crippen LogP contribution in [0.1, 0.15) is 24.8 Å². The summed E-state index contributed by atoms with van der Waals surface area (Å²) in [4.78, 5) is 35.8. The molecule has 1 fully saturated rings. The fourth-order valence-corrected chi connectivity index (χ4v) is 2.17. The second kappa shape index (κ2) is 5.05. The SMILES string of the molecule is CC(O)(CN1C(=O)CC(c2ccccc2)C1=O)C(=O)O. The maximum Gasteiger partial charge on any atom is 0.337 e. The lowest BCUT2D eigenvalue weighted by Gasteiger charge is -2.24. The summed E-state index contributed by atoms with van der Waals surface area (Å²) in [7, 11) is 0. The molecule has 2 amide bonds.